The molecule has 0 fully saturated rings. The van der Waals surface area contributed by atoms with E-state index in [2.05, 4.69) is 15.6 Å². The SMILES string of the molecule is CCC(=O)Nc1ccccc1-c1nc2ccccc2n([C@@H](CC)C(=O)Nc2cccc(OC)c2)c1=O. The number of benzene rings is 3. The van der Waals surface area contributed by atoms with E-state index in [1.54, 1.807) is 74.7 Å². The molecule has 0 saturated heterocycles. The van der Waals surface area contributed by atoms with Crippen LogP contribution in [0.15, 0.2) is 77.6 Å². The second-order valence-corrected chi connectivity index (χ2v) is 8.22. The number of ether oxygens (including phenoxy) is 1. The summed E-state index contributed by atoms with van der Waals surface area (Å²) in [7, 11) is 1.56. The summed E-state index contributed by atoms with van der Waals surface area (Å²) in [5.74, 6) is 0.107. The summed E-state index contributed by atoms with van der Waals surface area (Å²) in [6.45, 7) is 3.61. The molecule has 184 valence electrons. The Morgan fingerprint density at radius 3 is 2.47 bits per heavy atom. The van der Waals surface area contributed by atoms with Gasteiger partial charge in [-0.3, -0.25) is 19.0 Å². The number of anilines is 2. The Bertz CT molecular complexity index is 1480. The lowest BCUT2D eigenvalue weighted by Crippen LogP contribution is -2.34. The number of hydrogen-bond acceptors (Lipinski definition) is 5. The van der Waals surface area contributed by atoms with Crippen molar-refractivity contribution in [1.29, 1.82) is 0 Å². The van der Waals surface area contributed by atoms with E-state index in [0.29, 0.717) is 46.6 Å². The van der Waals surface area contributed by atoms with E-state index >= 15 is 0 Å². The van der Waals surface area contributed by atoms with Crippen molar-refractivity contribution in [2.75, 3.05) is 17.7 Å². The van der Waals surface area contributed by atoms with Gasteiger partial charge in [0.1, 0.15) is 17.5 Å². The van der Waals surface area contributed by atoms with Crippen molar-refractivity contribution in [2.24, 2.45) is 0 Å². The lowest BCUT2D eigenvalue weighted by atomic mass is 10.1. The third-order valence-corrected chi connectivity index (χ3v) is 5.91. The molecule has 0 aliphatic carbocycles. The number of rotatable bonds is 8. The minimum absolute atomic E-state index is 0.160. The molecule has 0 aliphatic heterocycles. The minimum Gasteiger partial charge on any atom is -0.497 e. The van der Waals surface area contributed by atoms with Gasteiger partial charge in [-0.05, 0) is 36.8 Å². The van der Waals surface area contributed by atoms with Crippen LogP contribution in [0.25, 0.3) is 22.3 Å². The topological polar surface area (TPSA) is 102 Å². The Kier molecular flexibility index (Phi) is 7.44. The molecule has 8 heteroatoms. The Hall–Kier alpha value is -4.46. The number of amides is 2. The zero-order chi connectivity index (χ0) is 25.7. The fourth-order valence-electron chi connectivity index (χ4n) is 4.09. The van der Waals surface area contributed by atoms with Crippen LogP contribution in [-0.2, 0) is 9.59 Å². The highest BCUT2D eigenvalue weighted by atomic mass is 16.5. The first-order valence-electron chi connectivity index (χ1n) is 11.8. The zero-order valence-corrected chi connectivity index (χ0v) is 20.4. The molecule has 0 bridgehead atoms. The Labute approximate surface area is 208 Å². The maximum absolute atomic E-state index is 13.9. The van der Waals surface area contributed by atoms with Crippen LogP contribution < -0.4 is 20.9 Å². The van der Waals surface area contributed by atoms with Crippen molar-refractivity contribution in [3.8, 4) is 17.0 Å². The van der Waals surface area contributed by atoms with E-state index < -0.39 is 11.6 Å². The minimum atomic E-state index is -0.798. The molecular formula is C28H28N4O4. The quantitative estimate of drug-likeness (QED) is 0.366. The number of carbonyl (C=O) groups excluding carboxylic acids is 2. The third-order valence-electron chi connectivity index (χ3n) is 5.91. The predicted molar refractivity (Wildman–Crippen MR) is 141 cm³/mol. The molecule has 8 nitrogen and oxygen atoms in total. The molecular weight excluding hydrogens is 456 g/mol. The van der Waals surface area contributed by atoms with Gasteiger partial charge in [-0.25, -0.2) is 4.98 Å². The summed E-state index contributed by atoms with van der Waals surface area (Å²) in [4.78, 5) is 44.2. The number of fused-ring (bicyclic) bond motifs is 1. The van der Waals surface area contributed by atoms with Gasteiger partial charge < -0.3 is 15.4 Å². The third kappa shape index (κ3) is 4.98. The van der Waals surface area contributed by atoms with Crippen LogP contribution in [-0.4, -0.2) is 28.5 Å². The smallest absolute Gasteiger partial charge is 0.278 e. The lowest BCUT2D eigenvalue weighted by Gasteiger charge is -2.21. The first kappa shape index (κ1) is 24.7. The normalized spacial score (nSPS) is 11.6. The summed E-state index contributed by atoms with van der Waals surface area (Å²) < 4.78 is 6.74. The average Bonchev–Trinajstić information content (AvgIpc) is 2.90. The van der Waals surface area contributed by atoms with Crippen molar-refractivity contribution in [1.82, 2.24) is 9.55 Å². The molecule has 4 rings (SSSR count). The summed E-state index contributed by atoms with van der Waals surface area (Å²) >= 11 is 0. The van der Waals surface area contributed by atoms with Gasteiger partial charge in [-0.1, -0.05) is 50.2 Å². The summed E-state index contributed by atoms with van der Waals surface area (Å²) in [6, 6.07) is 20.5. The number of carbonyl (C=O) groups is 2. The largest absolute Gasteiger partial charge is 0.497 e. The van der Waals surface area contributed by atoms with Crippen LogP contribution in [0, 0.1) is 0 Å². The molecule has 0 spiro atoms. The molecule has 0 unspecified atom stereocenters. The van der Waals surface area contributed by atoms with Gasteiger partial charge >= 0.3 is 0 Å². The van der Waals surface area contributed by atoms with Crippen molar-refractivity contribution < 1.29 is 14.3 Å². The molecule has 2 N–H and O–H groups in total. The summed E-state index contributed by atoms with van der Waals surface area (Å²) in [6.07, 6.45) is 0.670. The van der Waals surface area contributed by atoms with E-state index in [1.807, 2.05) is 19.1 Å². The van der Waals surface area contributed by atoms with Crippen LogP contribution in [0.3, 0.4) is 0 Å². The van der Waals surface area contributed by atoms with E-state index in [4.69, 9.17) is 4.74 Å². The highest BCUT2D eigenvalue weighted by molar-refractivity contribution is 5.96. The Balaban J connectivity index is 1.85. The van der Waals surface area contributed by atoms with Gasteiger partial charge in [0.05, 0.1) is 23.8 Å². The number of nitrogens with one attached hydrogen (secondary N) is 2. The summed E-state index contributed by atoms with van der Waals surface area (Å²) in [5.41, 5.74) is 2.41. The number of methoxy groups -OCH3 is 1. The van der Waals surface area contributed by atoms with Gasteiger partial charge in [0.2, 0.25) is 11.8 Å². The maximum Gasteiger partial charge on any atom is 0.278 e. The Morgan fingerprint density at radius 2 is 1.72 bits per heavy atom. The highest BCUT2D eigenvalue weighted by Crippen LogP contribution is 2.28. The van der Waals surface area contributed by atoms with Gasteiger partial charge in [0, 0.05) is 23.7 Å². The number of hydrogen-bond donors (Lipinski definition) is 2. The zero-order valence-electron chi connectivity index (χ0n) is 20.4. The summed E-state index contributed by atoms with van der Waals surface area (Å²) in [5, 5.41) is 5.75. The maximum atomic E-state index is 13.9. The first-order chi connectivity index (χ1) is 17.5. The fourth-order valence-corrected chi connectivity index (χ4v) is 4.09. The molecule has 1 heterocycles. The number of nitrogens with zero attached hydrogens (tertiary/aromatic N) is 2. The van der Waals surface area contributed by atoms with Gasteiger partial charge in [-0.15, -0.1) is 0 Å². The van der Waals surface area contributed by atoms with Crippen molar-refractivity contribution in [3.63, 3.8) is 0 Å². The number of para-hydroxylation sites is 3. The first-order valence-corrected chi connectivity index (χ1v) is 11.8. The van der Waals surface area contributed by atoms with Crippen LogP contribution in [0.2, 0.25) is 0 Å². The monoisotopic (exact) mass is 484 g/mol. The molecule has 36 heavy (non-hydrogen) atoms. The van der Waals surface area contributed by atoms with Crippen LogP contribution in [0.1, 0.15) is 32.7 Å². The predicted octanol–water partition coefficient (Wildman–Crippen LogP) is 5.01. The highest BCUT2D eigenvalue weighted by Gasteiger charge is 2.25. The molecule has 2 amide bonds. The lowest BCUT2D eigenvalue weighted by molar-refractivity contribution is -0.119. The fraction of sp³-hybridized carbons (Fsp3) is 0.214. The molecule has 0 aliphatic rings. The standard InChI is InChI=1S/C28H28N4O4/c1-4-23(27(34)29-18-11-10-12-19(17-18)36-3)32-24-16-9-8-15-22(24)31-26(28(32)35)20-13-6-7-14-21(20)30-25(33)5-2/h6-17,23H,4-5H2,1-3H3,(H,29,34)(H,30,33)/t23-/m0/s1. The van der Waals surface area contributed by atoms with Crippen LogP contribution >= 0.6 is 0 Å². The van der Waals surface area contributed by atoms with Crippen LogP contribution in [0.4, 0.5) is 11.4 Å². The van der Waals surface area contributed by atoms with Crippen molar-refractivity contribution in [2.45, 2.75) is 32.7 Å². The van der Waals surface area contributed by atoms with Gasteiger partial charge in [0.25, 0.3) is 5.56 Å². The van der Waals surface area contributed by atoms with Gasteiger partial charge in [0.15, 0.2) is 0 Å². The van der Waals surface area contributed by atoms with Gasteiger partial charge in [-0.2, -0.15) is 0 Å². The second kappa shape index (κ2) is 10.9. The Morgan fingerprint density at radius 1 is 0.972 bits per heavy atom. The molecule has 4 aromatic rings. The molecule has 0 radical (unpaired) electrons. The van der Waals surface area contributed by atoms with Crippen molar-refractivity contribution in [3.05, 3.63) is 83.2 Å². The van der Waals surface area contributed by atoms with E-state index in [1.165, 1.54) is 4.57 Å². The van der Waals surface area contributed by atoms with E-state index in [9.17, 15) is 14.4 Å². The van der Waals surface area contributed by atoms with E-state index in [-0.39, 0.29) is 17.5 Å². The van der Waals surface area contributed by atoms with Crippen LogP contribution in [0.5, 0.6) is 5.75 Å². The average molecular weight is 485 g/mol. The molecule has 0 saturated carbocycles. The molecule has 3 aromatic carbocycles. The molecule has 1 aromatic heterocycles. The van der Waals surface area contributed by atoms with Crippen molar-refractivity contribution >= 4 is 34.2 Å². The molecule has 1 atom stereocenters. The number of aromatic nitrogens is 2. The van der Waals surface area contributed by atoms with E-state index in [0.717, 1.165) is 0 Å². The second-order valence-electron chi connectivity index (χ2n) is 8.22.